The Hall–Kier alpha value is -2.82. The van der Waals surface area contributed by atoms with Gasteiger partial charge in [-0.1, -0.05) is 12.1 Å². The van der Waals surface area contributed by atoms with Gasteiger partial charge in [0.05, 0.1) is 16.8 Å². The molecule has 0 saturated heterocycles. The Morgan fingerprint density at radius 1 is 1.25 bits per heavy atom. The Balaban J connectivity index is 2.20. The summed E-state index contributed by atoms with van der Waals surface area (Å²) >= 11 is 0. The number of pyridine rings is 1. The van der Waals surface area contributed by atoms with Gasteiger partial charge < -0.3 is 14.8 Å². The number of carboxylic acid groups (broad SMARTS) is 1. The number of aromatic hydroxyl groups is 1. The fourth-order valence-electron chi connectivity index (χ4n) is 2.33. The van der Waals surface area contributed by atoms with Gasteiger partial charge in [0.1, 0.15) is 5.75 Å². The minimum atomic E-state index is -1.00. The van der Waals surface area contributed by atoms with Gasteiger partial charge in [-0.2, -0.15) is 0 Å². The van der Waals surface area contributed by atoms with Crippen LogP contribution in [0.5, 0.6) is 5.75 Å². The second-order valence-electron chi connectivity index (χ2n) is 4.56. The molecule has 5 nitrogen and oxygen atoms in total. The third-order valence-electron chi connectivity index (χ3n) is 3.27. The van der Waals surface area contributed by atoms with Crippen LogP contribution in [0.15, 0.2) is 42.7 Å². The van der Waals surface area contributed by atoms with Crippen molar-refractivity contribution in [2.24, 2.45) is 7.05 Å². The highest BCUT2D eigenvalue weighted by Gasteiger charge is 2.13. The smallest absolute Gasteiger partial charge is 0.337 e. The topological polar surface area (TPSA) is 75.4 Å². The van der Waals surface area contributed by atoms with Crippen LogP contribution in [0.4, 0.5) is 0 Å². The number of phenols is 1. The maximum atomic E-state index is 10.8. The van der Waals surface area contributed by atoms with Crippen LogP contribution >= 0.6 is 0 Å². The van der Waals surface area contributed by atoms with Crippen molar-refractivity contribution >= 4 is 16.9 Å². The number of hydrogen-bond acceptors (Lipinski definition) is 3. The summed E-state index contributed by atoms with van der Waals surface area (Å²) in [6.45, 7) is 0. The molecule has 1 aromatic carbocycles. The van der Waals surface area contributed by atoms with E-state index in [0.717, 1.165) is 16.5 Å². The van der Waals surface area contributed by atoms with Crippen molar-refractivity contribution in [3.8, 4) is 17.0 Å². The molecule has 0 atom stereocenters. The molecule has 2 N–H and O–H groups in total. The second kappa shape index (κ2) is 4.38. The first kappa shape index (κ1) is 12.2. The summed E-state index contributed by atoms with van der Waals surface area (Å²) in [6, 6.07) is 8.49. The quantitative estimate of drug-likeness (QED) is 0.749. The van der Waals surface area contributed by atoms with Crippen molar-refractivity contribution in [2.45, 2.75) is 0 Å². The molecular formula is C15H12N2O3. The average Bonchev–Trinajstić information content (AvgIpc) is 2.77. The predicted octanol–water partition coefficient (Wildman–Crippen LogP) is 2.64. The Morgan fingerprint density at radius 3 is 2.70 bits per heavy atom. The zero-order valence-corrected chi connectivity index (χ0v) is 10.7. The van der Waals surface area contributed by atoms with Gasteiger partial charge >= 0.3 is 5.97 Å². The molecule has 0 unspecified atom stereocenters. The number of para-hydroxylation sites is 1. The highest BCUT2D eigenvalue weighted by atomic mass is 16.4. The number of hydrogen-bond donors (Lipinski definition) is 2. The average molecular weight is 268 g/mol. The first-order valence-corrected chi connectivity index (χ1v) is 6.04. The third kappa shape index (κ3) is 1.80. The molecule has 0 radical (unpaired) electrons. The van der Waals surface area contributed by atoms with Crippen LogP contribution in [0.25, 0.3) is 22.2 Å². The molecule has 20 heavy (non-hydrogen) atoms. The van der Waals surface area contributed by atoms with E-state index in [1.807, 2.05) is 23.9 Å². The van der Waals surface area contributed by atoms with Crippen molar-refractivity contribution in [1.82, 2.24) is 9.55 Å². The van der Waals surface area contributed by atoms with E-state index in [9.17, 15) is 9.90 Å². The number of carboxylic acids is 1. The van der Waals surface area contributed by atoms with Crippen molar-refractivity contribution in [3.05, 3.63) is 48.3 Å². The van der Waals surface area contributed by atoms with E-state index in [4.69, 9.17) is 5.11 Å². The summed E-state index contributed by atoms with van der Waals surface area (Å²) in [5.74, 6) is -0.793. The number of phenolic OH excluding ortho intramolecular Hbond substituents is 1. The molecule has 0 amide bonds. The SMILES string of the molecule is Cn1cc(-c2ccc(C(=O)O)cn2)c2cccc(O)c21. The summed E-state index contributed by atoms with van der Waals surface area (Å²) in [5, 5.41) is 19.7. The molecule has 5 heteroatoms. The van der Waals surface area contributed by atoms with E-state index in [0.29, 0.717) is 5.69 Å². The first-order chi connectivity index (χ1) is 9.58. The largest absolute Gasteiger partial charge is 0.506 e. The molecule has 3 aromatic rings. The molecule has 100 valence electrons. The lowest BCUT2D eigenvalue weighted by Crippen LogP contribution is -1.96. The Kier molecular flexibility index (Phi) is 2.68. The van der Waals surface area contributed by atoms with Gasteiger partial charge in [0.15, 0.2) is 0 Å². The Labute approximate surface area is 114 Å². The zero-order chi connectivity index (χ0) is 14.3. The first-order valence-electron chi connectivity index (χ1n) is 6.04. The molecule has 0 spiro atoms. The number of aryl methyl sites for hydroxylation is 1. The summed E-state index contributed by atoms with van der Waals surface area (Å²) in [6.07, 6.45) is 3.20. The molecule has 0 aliphatic carbocycles. The van der Waals surface area contributed by atoms with E-state index in [-0.39, 0.29) is 11.3 Å². The van der Waals surface area contributed by atoms with Crippen LogP contribution in [0.1, 0.15) is 10.4 Å². The lowest BCUT2D eigenvalue weighted by atomic mass is 10.1. The summed E-state index contributed by atoms with van der Waals surface area (Å²) < 4.78 is 1.83. The minimum absolute atomic E-state index is 0.150. The van der Waals surface area contributed by atoms with Crippen molar-refractivity contribution in [3.63, 3.8) is 0 Å². The minimum Gasteiger partial charge on any atom is -0.506 e. The Bertz CT molecular complexity index is 804. The number of nitrogens with zero attached hydrogens (tertiary/aromatic N) is 2. The lowest BCUT2D eigenvalue weighted by Gasteiger charge is -2.00. The zero-order valence-electron chi connectivity index (χ0n) is 10.7. The van der Waals surface area contributed by atoms with Crippen molar-refractivity contribution < 1.29 is 15.0 Å². The summed E-state index contributed by atoms with van der Waals surface area (Å²) in [4.78, 5) is 15.0. The van der Waals surface area contributed by atoms with Gasteiger partial charge in [-0.15, -0.1) is 0 Å². The highest BCUT2D eigenvalue weighted by Crippen LogP contribution is 2.33. The Morgan fingerprint density at radius 2 is 2.05 bits per heavy atom. The van der Waals surface area contributed by atoms with Gasteiger partial charge in [-0.3, -0.25) is 4.98 Å². The van der Waals surface area contributed by atoms with Gasteiger partial charge in [0, 0.05) is 30.4 Å². The van der Waals surface area contributed by atoms with E-state index in [1.54, 1.807) is 18.2 Å². The maximum absolute atomic E-state index is 10.8. The van der Waals surface area contributed by atoms with Crippen LogP contribution < -0.4 is 0 Å². The number of carbonyl (C=O) groups is 1. The fourth-order valence-corrected chi connectivity index (χ4v) is 2.33. The summed E-state index contributed by atoms with van der Waals surface area (Å²) in [5.41, 5.74) is 2.41. The summed E-state index contributed by atoms with van der Waals surface area (Å²) in [7, 11) is 1.84. The number of aromatic nitrogens is 2. The van der Waals surface area contributed by atoms with Crippen molar-refractivity contribution in [1.29, 1.82) is 0 Å². The lowest BCUT2D eigenvalue weighted by molar-refractivity contribution is 0.0696. The molecule has 2 heterocycles. The second-order valence-corrected chi connectivity index (χ2v) is 4.56. The number of rotatable bonds is 2. The van der Waals surface area contributed by atoms with E-state index < -0.39 is 5.97 Å². The molecule has 0 aliphatic heterocycles. The van der Waals surface area contributed by atoms with Gasteiger partial charge in [0.2, 0.25) is 0 Å². The van der Waals surface area contributed by atoms with Crippen LogP contribution in [0, 0.1) is 0 Å². The number of benzene rings is 1. The van der Waals surface area contributed by atoms with Crippen molar-refractivity contribution in [2.75, 3.05) is 0 Å². The molecule has 2 aromatic heterocycles. The predicted molar refractivity (Wildman–Crippen MR) is 74.8 cm³/mol. The van der Waals surface area contributed by atoms with Gasteiger partial charge in [-0.25, -0.2) is 4.79 Å². The van der Waals surface area contributed by atoms with Crippen LogP contribution in [0.2, 0.25) is 0 Å². The fraction of sp³-hybridized carbons (Fsp3) is 0.0667. The van der Waals surface area contributed by atoms with Crippen LogP contribution in [-0.4, -0.2) is 25.7 Å². The molecule has 0 bridgehead atoms. The van der Waals surface area contributed by atoms with Gasteiger partial charge in [0.25, 0.3) is 0 Å². The third-order valence-corrected chi connectivity index (χ3v) is 3.27. The standard InChI is InChI=1S/C15H12N2O3/c1-17-8-11(10-3-2-4-13(18)14(10)17)12-6-5-9(7-16-12)15(19)20/h2-8,18H,1H3,(H,19,20). The number of aromatic carboxylic acids is 1. The highest BCUT2D eigenvalue weighted by molar-refractivity contribution is 5.98. The normalized spacial score (nSPS) is 10.8. The van der Waals surface area contributed by atoms with E-state index in [1.165, 1.54) is 12.3 Å². The monoisotopic (exact) mass is 268 g/mol. The molecule has 3 rings (SSSR count). The molecule has 0 saturated carbocycles. The molecule has 0 aliphatic rings. The van der Waals surface area contributed by atoms with Gasteiger partial charge in [-0.05, 0) is 18.2 Å². The van der Waals surface area contributed by atoms with Crippen LogP contribution in [-0.2, 0) is 7.05 Å². The van der Waals surface area contributed by atoms with Crippen LogP contribution in [0.3, 0.4) is 0 Å². The molecular weight excluding hydrogens is 256 g/mol. The van der Waals surface area contributed by atoms with E-state index >= 15 is 0 Å². The number of fused-ring (bicyclic) bond motifs is 1. The van der Waals surface area contributed by atoms with E-state index in [2.05, 4.69) is 4.98 Å². The molecule has 0 fully saturated rings. The maximum Gasteiger partial charge on any atom is 0.337 e.